The summed E-state index contributed by atoms with van der Waals surface area (Å²) in [6, 6.07) is 10.5. The van der Waals surface area contributed by atoms with Crippen molar-refractivity contribution in [2.24, 2.45) is 5.92 Å². The predicted molar refractivity (Wildman–Crippen MR) is 93.5 cm³/mol. The highest BCUT2D eigenvalue weighted by molar-refractivity contribution is 5.17. The zero-order valence-corrected chi connectivity index (χ0v) is 14.3. The van der Waals surface area contributed by atoms with E-state index in [0.29, 0.717) is 5.92 Å². The number of morpholine rings is 1. The lowest BCUT2D eigenvalue weighted by atomic mass is 9.72. The highest BCUT2D eigenvalue weighted by atomic mass is 16.5. The molecular weight excluding hydrogens is 286 g/mol. The SMILES string of the molecule is OC(CCN1CCOCC1)(Cc1ccccc1)C1CCCCC1. The number of benzene rings is 1. The first kappa shape index (κ1) is 16.9. The van der Waals surface area contributed by atoms with Crippen LogP contribution < -0.4 is 0 Å². The average molecular weight is 317 g/mol. The normalized spacial score (nSPS) is 23.5. The Labute approximate surface area is 140 Å². The largest absolute Gasteiger partial charge is 0.389 e. The Bertz CT molecular complexity index is 452. The predicted octanol–water partition coefficient (Wildman–Crippen LogP) is 3.26. The quantitative estimate of drug-likeness (QED) is 0.874. The maximum Gasteiger partial charge on any atom is 0.0728 e. The Morgan fingerprint density at radius 1 is 1.04 bits per heavy atom. The standard InChI is InChI=1S/C20H31NO2/c22-20(19-9-5-2-6-10-19,17-18-7-3-1-4-8-18)11-12-21-13-15-23-16-14-21/h1,3-4,7-8,19,22H,2,5-6,9-17H2. The van der Waals surface area contributed by atoms with Crippen LogP contribution in [0.3, 0.4) is 0 Å². The average Bonchev–Trinajstić information content (AvgIpc) is 2.63. The van der Waals surface area contributed by atoms with Gasteiger partial charge in [0.1, 0.15) is 0 Å². The van der Waals surface area contributed by atoms with E-state index in [9.17, 15) is 5.11 Å². The second-order valence-corrected chi connectivity index (χ2v) is 7.30. The van der Waals surface area contributed by atoms with Crippen LogP contribution in [-0.4, -0.2) is 48.5 Å². The molecule has 128 valence electrons. The van der Waals surface area contributed by atoms with Crippen LogP contribution in [0.2, 0.25) is 0 Å². The second kappa shape index (κ2) is 8.27. The minimum Gasteiger partial charge on any atom is -0.389 e. The Morgan fingerprint density at radius 3 is 2.43 bits per heavy atom. The van der Waals surface area contributed by atoms with E-state index in [4.69, 9.17) is 4.74 Å². The number of aliphatic hydroxyl groups is 1. The molecule has 0 radical (unpaired) electrons. The summed E-state index contributed by atoms with van der Waals surface area (Å²) >= 11 is 0. The van der Waals surface area contributed by atoms with E-state index >= 15 is 0 Å². The summed E-state index contributed by atoms with van der Waals surface area (Å²) in [5, 5.41) is 11.6. The van der Waals surface area contributed by atoms with Crippen molar-refractivity contribution in [2.45, 2.75) is 50.5 Å². The summed E-state index contributed by atoms with van der Waals surface area (Å²) < 4.78 is 5.44. The molecule has 1 aliphatic heterocycles. The van der Waals surface area contributed by atoms with Crippen LogP contribution in [-0.2, 0) is 11.2 Å². The van der Waals surface area contributed by atoms with Gasteiger partial charge < -0.3 is 9.84 Å². The van der Waals surface area contributed by atoms with Crippen LogP contribution >= 0.6 is 0 Å². The van der Waals surface area contributed by atoms with Gasteiger partial charge in [0, 0.05) is 26.1 Å². The Kier molecular flexibility index (Phi) is 6.09. The van der Waals surface area contributed by atoms with Gasteiger partial charge in [-0.3, -0.25) is 4.90 Å². The molecule has 0 aromatic heterocycles. The van der Waals surface area contributed by atoms with Gasteiger partial charge in [0.15, 0.2) is 0 Å². The van der Waals surface area contributed by atoms with Gasteiger partial charge in [0.25, 0.3) is 0 Å². The topological polar surface area (TPSA) is 32.7 Å². The smallest absolute Gasteiger partial charge is 0.0728 e. The molecule has 3 rings (SSSR count). The summed E-state index contributed by atoms with van der Waals surface area (Å²) in [6.45, 7) is 4.67. The monoisotopic (exact) mass is 317 g/mol. The summed E-state index contributed by atoms with van der Waals surface area (Å²) in [7, 11) is 0. The van der Waals surface area contributed by atoms with Crippen molar-refractivity contribution in [1.29, 1.82) is 0 Å². The third-order valence-corrected chi connectivity index (χ3v) is 5.68. The van der Waals surface area contributed by atoms with Crippen molar-refractivity contribution >= 4 is 0 Å². The lowest BCUT2D eigenvalue weighted by Crippen LogP contribution is -2.46. The fourth-order valence-corrected chi connectivity index (χ4v) is 4.20. The van der Waals surface area contributed by atoms with Crippen molar-refractivity contribution in [3.05, 3.63) is 35.9 Å². The van der Waals surface area contributed by atoms with Crippen molar-refractivity contribution in [2.75, 3.05) is 32.8 Å². The molecule has 2 aliphatic rings. The minimum atomic E-state index is -0.555. The molecule has 1 atom stereocenters. The van der Waals surface area contributed by atoms with Crippen LogP contribution in [0.4, 0.5) is 0 Å². The van der Waals surface area contributed by atoms with E-state index in [2.05, 4.69) is 35.2 Å². The summed E-state index contributed by atoms with van der Waals surface area (Å²) in [5.41, 5.74) is 0.711. The zero-order valence-electron chi connectivity index (χ0n) is 14.3. The number of nitrogens with zero attached hydrogens (tertiary/aromatic N) is 1. The maximum atomic E-state index is 11.6. The lowest BCUT2D eigenvalue weighted by Gasteiger charge is -2.40. The lowest BCUT2D eigenvalue weighted by molar-refractivity contribution is -0.0522. The molecule has 0 bridgehead atoms. The van der Waals surface area contributed by atoms with E-state index < -0.39 is 5.60 Å². The van der Waals surface area contributed by atoms with E-state index in [1.807, 2.05) is 0 Å². The summed E-state index contributed by atoms with van der Waals surface area (Å²) in [4.78, 5) is 2.45. The molecule has 0 spiro atoms. The molecule has 1 aromatic carbocycles. The van der Waals surface area contributed by atoms with Gasteiger partial charge in [-0.15, -0.1) is 0 Å². The third-order valence-electron chi connectivity index (χ3n) is 5.68. The molecule has 3 nitrogen and oxygen atoms in total. The molecule has 2 fully saturated rings. The van der Waals surface area contributed by atoms with Gasteiger partial charge in [0.05, 0.1) is 18.8 Å². The number of ether oxygens (including phenoxy) is 1. The van der Waals surface area contributed by atoms with Gasteiger partial charge in [-0.05, 0) is 30.7 Å². The molecule has 1 N–H and O–H groups in total. The van der Waals surface area contributed by atoms with Crippen LogP contribution in [0, 0.1) is 5.92 Å². The molecule has 23 heavy (non-hydrogen) atoms. The van der Waals surface area contributed by atoms with Crippen LogP contribution in [0.1, 0.15) is 44.1 Å². The third kappa shape index (κ3) is 4.79. The molecule has 3 heteroatoms. The van der Waals surface area contributed by atoms with E-state index in [1.54, 1.807) is 0 Å². The fourth-order valence-electron chi connectivity index (χ4n) is 4.20. The highest BCUT2D eigenvalue weighted by Gasteiger charge is 2.37. The first-order valence-electron chi connectivity index (χ1n) is 9.33. The molecule has 1 aliphatic carbocycles. The van der Waals surface area contributed by atoms with Gasteiger partial charge in [-0.25, -0.2) is 0 Å². The van der Waals surface area contributed by atoms with Crippen LogP contribution in [0.5, 0.6) is 0 Å². The number of hydrogen-bond acceptors (Lipinski definition) is 3. The molecule has 1 saturated heterocycles. The Balaban J connectivity index is 1.66. The van der Waals surface area contributed by atoms with Crippen LogP contribution in [0.15, 0.2) is 30.3 Å². The first-order chi connectivity index (χ1) is 11.3. The second-order valence-electron chi connectivity index (χ2n) is 7.30. The minimum absolute atomic E-state index is 0.456. The first-order valence-corrected chi connectivity index (χ1v) is 9.33. The van der Waals surface area contributed by atoms with E-state index in [-0.39, 0.29) is 0 Å². The number of hydrogen-bond donors (Lipinski definition) is 1. The fraction of sp³-hybridized carbons (Fsp3) is 0.700. The van der Waals surface area contributed by atoms with Gasteiger partial charge in [-0.2, -0.15) is 0 Å². The van der Waals surface area contributed by atoms with Gasteiger partial charge in [-0.1, -0.05) is 49.6 Å². The van der Waals surface area contributed by atoms with E-state index in [0.717, 1.165) is 45.7 Å². The van der Waals surface area contributed by atoms with Crippen molar-refractivity contribution in [1.82, 2.24) is 4.90 Å². The van der Waals surface area contributed by atoms with Gasteiger partial charge in [0.2, 0.25) is 0 Å². The maximum absolute atomic E-state index is 11.6. The van der Waals surface area contributed by atoms with Crippen molar-refractivity contribution < 1.29 is 9.84 Å². The molecule has 1 aromatic rings. The molecule has 1 unspecified atom stereocenters. The van der Waals surface area contributed by atoms with E-state index in [1.165, 1.54) is 37.7 Å². The van der Waals surface area contributed by atoms with Crippen molar-refractivity contribution in [3.8, 4) is 0 Å². The Hall–Kier alpha value is -0.900. The molecule has 0 amide bonds. The van der Waals surface area contributed by atoms with Gasteiger partial charge >= 0.3 is 0 Å². The molecular formula is C20H31NO2. The summed E-state index contributed by atoms with van der Waals surface area (Å²) in [6.07, 6.45) is 7.94. The van der Waals surface area contributed by atoms with Crippen molar-refractivity contribution in [3.63, 3.8) is 0 Å². The zero-order chi connectivity index (χ0) is 16.0. The van der Waals surface area contributed by atoms with Crippen LogP contribution in [0.25, 0.3) is 0 Å². The molecule has 1 saturated carbocycles. The highest BCUT2D eigenvalue weighted by Crippen LogP contribution is 2.37. The Morgan fingerprint density at radius 2 is 1.74 bits per heavy atom. The molecule has 1 heterocycles. The number of rotatable bonds is 6. The summed E-state index contributed by atoms with van der Waals surface area (Å²) in [5.74, 6) is 0.456.